The Morgan fingerprint density at radius 3 is 2.32 bits per heavy atom. The summed E-state index contributed by atoms with van der Waals surface area (Å²) in [6, 6.07) is 8.42. The fourth-order valence-corrected chi connectivity index (χ4v) is 6.48. The third-order valence-corrected chi connectivity index (χ3v) is 8.26. The number of benzene rings is 1. The van der Waals surface area contributed by atoms with Gasteiger partial charge < -0.3 is 20.1 Å². The molecule has 1 aromatic carbocycles. The minimum atomic E-state index is -1.67. The van der Waals surface area contributed by atoms with Gasteiger partial charge in [0.15, 0.2) is 17.5 Å². The van der Waals surface area contributed by atoms with Gasteiger partial charge in [0.2, 0.25) is 6.04 Å². The first kappa shape index (κ1) is 22.9. The van der Waals surface area contributed by atoms with Gasteiger partial charge in [-0.1, -0.05) is 43.2 Å². The second-order valence-corrected chi connectivity index (χ2v) is 10.0. The first-order chi connectivity index (χ1) is 16.4. The lowest BCUT2D eigenvalue weighted by Crippen LogP contribution is -2.68. The number of quaternary nitrogens is 1. The van der Waals surface area contributed by atoms with Crippen LogP contribution in [0.4, 0.5) is 0 Å². The van der Waals surface area contributed by atoms with Crippen molar-refractivity contribution in [3.63, 3.8) is 0 Å². The van der Waals surface area contributed by atoms with Crippen LogP contribution in [0.5, 0.6) is 0 Å². The number of aromatic nitrogens is 3. The highest BCUT2D eigenvalue weighted by Gasteiger charge is 2.56. The van der Waals surface area contributed by atoms with Crippen molar-refractivity contribution in [3.8, 4) is 0 Å². The number of hydrogen-bond donors (Lipinski definition) is 2. The second kappa shape index (κ2) is 9.03. The number of carbonyl (C=O) groups excluding carboxylic acids is 2. The minimum Gasteiger partial charge on any atom is -0.454 e. The van der Waals surface area contributed by atoms with E-state index in [4.69, 9.17) is 10.5 Å². The van der Waals surface area contributed by atoms with Gasteiger partial charge in [-0.3, -0.25) is 4.79 Å². The Morgan fingerprint density at radius 2 is 1.71 bits per heavy atom. The zero-order valence-corrected chi connectivity index (χ0v) is 19.3. The van der Waals surface area contributed by atoms with E-state index < -0.39 is 29.6 Å². The van der Waals surface area contributed by atoms with Crippen LogP contribution in [0.15, 0.2) is 43.0 Å². The molecule has 4 heterocycles. The molecule has 0 radical (unpaired) electrons. The van der Waals surface area contributed by atoms with E-state index in [1.807, 2.05) is 18.2 Å². The number of carbonyl (C=O) groups is 2. The molecule has 6 rings (SSSR count). The molecule has 4 aliphatic rings. The molecule has 0 spiro atoms. The molecule has 3 aliphatic heterocycles. The van der Waals surface area contributed by atoms with Crippen LogP contribution in [-0.4, -0.2) is 62.2 Å². The highest BCUT2D eigenvalue weighted by Crippen LogP contribution is 2.45. The monoisotopic (exact) mass is 466 g/mol. The van der Waals surface area contributed by atoms with Crippen molar-refractivity contribution in [2.24, 2.45) is 17.6 Å². The van der Waals surface area contributed by atoms with E-state index in [9.17, 15) is 14.7 Å². The van der Waals surface area contributed by atoms with Crippen molar-refractivity contribution in [2.45, 2.75) is 56.3 Å². The number of ether oxygens (including phenoxy) is 1. The number of aliphatic hydroxyl groups is 1. The molecule has 1 aromatic heterocycles. The smallest absolute Gasteiger partial charge is 0.343 e. The van der Waals surface area contributed by atoms with Crippen LogP contribution in [0.1, 0.15) is 56.0 Å². The summed E-state index contributed by atoms with van der Waals surface area (Å²) in [5, 5.41) is 11.8. The van der Waals surface area contributed by atoms with Gasteiger partial charge in [0.05, 0.1) is 13.1 Å². The molecule has 180 valence electrons. The molecule has 9 nitrogen and oxygen atoms in total. The van der Waals surface area contributed by atoms with E-state index in [0.717, 1.165) is 51.6 Å². The number of nitrogens with two attached hydrogens (primary N) is 1. The highest BCUT2D eigenvalue weighted by molar-refractivity contribution is 5.82. The summed E-state index contributed by atoms with van der Waals surface area (Å²) < 4.78 is 6.50. The van der Waals surface area contributed by atoms with Crippen LogP contribution >= 0.6 is 0 Å². The SMILES string of the molecule is NC(=O)C(c1ncncn1)[N+]12CCC(CC1)[C@@H](OC(=O)C(O)(c1ccccc1)C1CCCC1)C2. The predicted molar refractivity (Wildman–Crippen MR) is 122 cm³/mol. The molecule has 3 saturated heterocycles. The van der Waals surface area contributed by atoms with Gasteiger partial charge in [-0.25, -0.2) is 19.7 Å². The zero-order chi connectivity index (χ0) is 23.8. The Hall–Kier alpha value is -2.91. The molecule has 2 bridgehead atoms. The van der Waals surface area contributed by atoms with E-state index in [-0.39, 0.29) is 11.8 Å². The fraction of sp³-hybridized carbons (Fsp3) is 0.560. The normalized spacial score (nSPS) is 29.3. The molecule has 2 aromatic rings. The van der Waals surface area contributed by atoms with Crippen molar-refractivity contribution in [2.75, 3.05) is 19.6 Å². The largest absolute Gasteiger partial charge is 0.454 e. The second-order valence-electron chi connectivity index (χ2n) is 10.0. The van der Waals surface area contributed by atoms with Crippen molar-refractivity contribution >= 4 is 11.9 Å². The van der Waals surface area contributed by atoms with Crippen molar-refractivity contribution in [1.29, 1.82) is 0 Å². The summed E-state index contributed by atoms with van der Waals surface area (Å²) in [6.45, 7) is 1.93. The number of primary amides is 1. The zero-order valence-electron chi connectivity index (χ0n) is 19.3. The topological polar surface area (TPSA) is 128 Å². The summed E-state index contributed by atoms with van der Waals surface area (Å²) >= 11 is 0. The Kier molecular flexibility index (Phi) is 6.07. The molecule has 3 atom stereocenters. The van der Waals surface area contributed by atoms with E-state index in [1.54, 1.807) is 12.1 Å². The number of esters is 1. The molecule has 3 N–H and O–H groups in total. The number of amides is 1. The first-order valence-electron chi connectivity index (χ1n) is 12.2. The maximum absolute atomic E-state index is 13.7. The summed E-state index contributed by atoms with van der Waals surface area (Å²) in [5.74, 6) is -0.712. The lowest BCUT2D eigenvalue weighted by Gasteiger charge is -2.54. The lowest BCUT2D eigenvalue weighted by molar-refractivity contribution is -0.965. The van der Waals surface area contributed by atoms with Crippen LogP contribution in [0.25, 0.3) is 0 Å². The minimum absolute atomic E-state index is 0.171. The number of hydrogen-bond acceptors (Lipinski definition) is 7. The summed E-state index contributed by atoms with van der Waals surface area (Å²) in [5.41, 5.74) is 4.76. The Bertz CT molecular complexity index is 1020. The van der Waals surface area contributed by atoms with E-state index in [2.05, 4.69) is 15.0 Å². The van der Waals surface area contributed by atoms with Gasteiger partial charge in [0.1, 0.15) is 19.2 Å². The van der Waals surface area contributed by atoms with Gasteiger partial charge >= 0.3 is 5.97 Å². The van der Waals surface area contributed by atoms with Gasteiger partial charge in [-0.05, 0) is 18.4 Å². The quantitative estimate of drug-likeness (QED) is 0.469. The van der Waals surface area contributed by atoms with Crippen LogP contribution in [0.3, 0.4) is 0 Å². The number of rotatable bonds is 7. The predicted octanol–water partition coefficient (Wildman–Crippen LogP) is 1.63. The van der Waals surface area contributed by atoms with E-state index in [1.165, 1.54) is 12.7 Å². The number of piperidine rings is 3. The molecule has 34 heavy (non-hydrogen) atoms. The Balaban J connectivity index is 1.42. The standard InChI is InChI=1S/C25H31N5O4/c26-22(31)21(23-28-15-27-16-29-23)30-12-10-17(11-13-30)20(14-30)34-24(32)25(33,19-8-4-5-9-19)18-6-2-1-3-7-18/h1-3,6-7,15-17,19-21,33H,4-5,8-14H2,(H-,26,31)/p+1/t17?,20-,21?,25?,30?/m0/s1. The van der Waals surface area contributed by atoms with Gasteiger partial charge in [0.25, 0.3) is 5.91 Å². The Morgan fingerprint density at radius 1 is 1.06 bits per heavy atom. The van der Waals surface area contributed by atoms with Crippen LogP contribution in [0.2, 0.25) is 0 Å². The molecule has 1 aliphatic carbocycles. The van der Waals surface area contributed by atoms with Gasteiger partial charge in [-0.2, -0.15) is 0 Å². The maximum atomic E-state index is 13.7. The number of nitrogens with zero attached hydrogens (tertiary/aromatic N) is 4. The van der Waals surface area contributed by atoms with E-state index >= 15 is 0 Å². The first-order valence-corrected chi connectivity index (χ1v) is 12.2. The molecule has 1 amide bonds. The number of fused-ring (bicyclic) bond motifs is 3. The summed E-state index contributed by atoms with van der Waals surface area (Å²) in [6.07, 6.45) is 7.50. The van der Waals surface area contributed by atoms with Crippen LogP contribution in [0, 0.1) is 11.8 Å². The molecule has 2 unspecified atom stereocenters. The lowest BCUT2D eigenvalue weighted by atomic mass is 9.79. The van der Waals surface area contributed by atoms with Gasteiger partial charge in [0, 0.05) is 24.7 Å². The van der Waals surface area contributed by atoms with Crippen LogP contribution < -0.4 is 5.73 Å². The molecule has 4 fully saturated rings. The van der Waals surface area contributed by atoms with Crippen molar-refractivity contribution < 1.29 is 23.9 Å². The third-order valence-electron chi connectivity index (χ3n) is 8.26. The molecular weight excluding hydrogens is 434 g/mol. The van der Waals surface area contributed by atoms with Crippen LogP contribution in [-0.2, 0) is 19.9 Å². The van der Waals surface area contributed by atoms with E-state index in [0.29, 0.717) is 22.4 Å². The highest BCUT2D eigenvalue weighted by atomic mass is 16.6. The Labute approximate surface area is 199 Å². The fourth-order valence-electron chi connectivity index (χ4n) is 6.48. The molecule has 1 saturated carbocycles. The summed E-state index contributed by atoms with van der Waals surface area (Å²) in [4.78, 5) is 38.6. The van der Waals surface area contributed by atoms with Gasteiger partial charge in [-0.15, -0.1) is 0 Å². The third kappa shape index (κ3) is 3.86. The van der Waals surface area contributed by atoms with Crippen molar-refractivity contribution in [3.05, 3.63) is 54.4 Å². The maximum Gasteiger partial charge on any atom is 0.343 e. The van der Waals surface area contributed by atoms with Crippen molar-refractivity contribution in [1.82, 2.24) is 15.0 Å². The molecule has 9 heteroatoms. The average molecular weight is 467 g/mol. The average Bonchev–Trinajstić information content (AvgIpc) is 3.41. The summed E-state index contributed by atoms with van der Waals surface area (Å²) in [7, 11) is 0. The molecular formula is C25H32N5O4+.